The number of carbonyl (C=O) groups is 1. The quantitative estimate of drug-likeness (QED) is 0.741. The number of aromatic amines is 1. The van der Waals surface area contributed by atoms with Crippen molar-refractivity contribution in [3.05, 3.63) is 23.5 Å². The zero-order valence-corrected chi connectivity index (χ0v) is 8.03. The fourth-order valence-electron chi connectivity index (χ4n) is 1.07. The van der Waals surface area contributed by atoms with Gasteiger partial charge >= 0.3 is 5.97 Å². The molecular formula is C9H14N2O2. The van der Waals surface area contributed by atoms with Crippen molar-refractivity contribution < 1.29 is 9.90 Å². The van der Waals surface area contributed by atoms with Gasteiger partial charge in [-0.1, -0.05) is 0 Å². The van der Waals surface area contributed by atoms with Crippen molar-refractivity contribution in [2.75, 3.05) is 14.1 Å². The summed E-state index contributed by atoms with van der Waals surface area (Å²) in [7, 11) is 3.91. The number of hydrogen-bond acceptors (Lipinski definition) is 2. The Morgan fingerprint density at radius 3 is 2.62 bits per heavy atom. The maximum absolute atomic E-state index is 10.6. The number of nitrogens with one attached hydrogen (secondary N) is 1. The number of H-pyrrole nitrogens is 1. The van der Waals surface area contributed by atoms with Crippen molar-refractivity contribution in [2.24, 2.45) is 0 Å². The summed E-state index contributed by atoms with van der Waals surface area (Å²) in [6.07, 6.45) is 1.73. The first kappa shape index (κ1) is 9.80. The van der Waals surface area contributed by atoms with Gasteiger partial charge in [0.25, 0.3) is 0 Å². The van der Waals surface area contributed by atoms with Gasteiger partial charge in [-0.2, -0.15) is 0 Å². The summed E-state index contributed by atoms with van der Waals surface area (Å²) < 4.78 is 0. The summed E-state index contributed by atoms with van der Waals surface area (Å²) in [6, 6.07) is 1.89. The van der Waals surface area contributed by atoms with Crippen molar-refractivity contribution in [3.63, 3.8) is 0 Å². The lowest BCUT2D eigenvalue weighted by Gasteiger charge is -2.17. The van der Waals surface area contributed by atoms with Gasteiger partial charge in [0.15, 0.2) is 0 Å². The Labute approximate surface area is 77.2 Å². The van der Waals surface area contributed by atoms with E-state index in [9.17, 15) is 4.79 Å². The molecule has 4 heteroatoms. The van der Waals surface area contributed by atoms with E-state index in [1.807, 2.05) is 25.9 Å². The van der Waals surface area contributed by atoms with E-state index < -0.39 is 5.97 Å². The molecule has 0 aromatic carbocycles. The second-order valence-corrected chi connectivity index (χ2v) is 3.29. The minimum absolute atomic E-state index is 0.226. The number of carboxylic acids is 1. The Morgan fingerprint density at radius 1 is 1.62 bits per heavy atom. The SMILES string of the molecule is CC(c1c[nH]c(C(=O)O)c1)N(C)C. The lowest BCUT2D eigenvalue weighted by molar-refractivity contribution is 0.0691. The summed E-state index contributed by atoms with van der Waals surface area (Å²) in [6.45, 7) is 2.02. The van der Waals surface area contributed by atoms with Crippen LogP contribution in [-0.4, -0.2) is 35.1 Å². The molecule has 0 bridgehead atoms. The molecule has 72 valence electrons. The first-order valence-corrected chi connectivity index (χ1v) is 4.10. The van der Waals surface area contributed by atoms with Crippen LogP contribution < -0.4 is 0 Å². The third-order valence-electron chi connectivity index (χ3n) is 2.19. The molecule has 1 rings (SSSR count). The molecule has 0 radical (unpaired) electrons. The smallest absolute Gasteiger partial charge is 0.352 e. The van der Waals surface area contributed by atoms with Crippen molar-refractivity contribution in [2.45, 2.75) is 13.0 Å². The van der Waals surface area contributed by atoms with E-state index in [2.05, 4.69) is 4.98 Å². The zero-order chi connectivity index (χ0) is 10.0. The molecule has 1 atom stereocenters. The molecule has 1 aromatic rings. The predicted octanol–water partition coefficient (Wildman–Crippen LogP) is 1.34. The van der Waals surface area contributed by atoms with Gasteiger partial charge in [-0.05, 0) is 32.6 Å². The van der Waals surface area contributed by atoms with E-state index in [-0.39, 0.29) is 11.7 Å². The van der Waals surface area contributed by atoms with Crippen LogP contribution in [0.5, 0.6) is 0 Å². The largest absolute Gasteiger partial charge is 0.477 e. The van der Waals surface area contributed by atoms with Gasteiger partial charge in [0.05, 0.1) is 0 Å². The molecule has 0 aliphatic carbocycles. The van der Waals surface area contributed by atoms with Crippen LogP contribution in [0.2, 0.25) is 0 Å². The van der Waals surface area contributed by atoms with Crippen LogP contribution in [0.25, 0.3) is 0 Å². The van der Waals surface area contributed by atoms with Crippen molar-refractivity contribution in [3.8, 4) is 0 Å². The number of hydrogen-bond donors (Lipinski definition) is 2. The Balaban J connectivity index is 2.85. The minimum Gasteiger partial charge on any atom is -0.477 e. The maximum atomic E-state index is 10.6. The number of carboxylic acid groups (broad SMARTS) is 1. The molecule has 0 fully saturated rings. The number of rotatable bonds is 3. The van der Waals surface area contributed by atoms with Gasteiger partial charge in [0, 0.05) is 12.2 Å². The first-order chi connectivity index (χ1) is 6.02. The van der Waals surface area contributed by atoms with Crippen molar-refractivity contribution in [1.29, 1.82) is 0 Å². The van der Waals surface area contributed by atoms with Crippen LogP contribution >= 0.6 is 0 Å². The van der Waals surface area contributed by atoms with Crippen LogP contribution in [0.1, 0.15) is 29.0 Å². The average Bonchev–Trinajstić information content (AvgIpc) is 2.50. The number of aromatic carboxylic acids is 1. The van der Waals surface area contributed by atoms with Crippen molar-refractivity contribution in [1.82, 2.24) is 9.88 Å². The molecule has 0 aliphatic heterocycles. The highest BCUT2D eigenvalue weighted by molar-refractivity contribution is 5.85. The molecule has 0 saturated heterocycles. The summed E-state index contributed by atoms with van der Waals surface area (Å²) in [5.41, 5.74) is 1.23. The third kappa shape index (κ3) is 2.09. The Hall–Kier alpha value is -1.29. The van der Waals surface area contributed by atoms with Crippen LogP contribution in [-0.2, 0) is 0 Å². The van der Waals surface area contributed by atoms with Gasteiger partial charge in [-0.3, -0.25) is 0 Å². The number of aromatic nitrogens is 1. The van der Waals surface area contributed by atoms with E-state index in [1.165, 1.54) is 0 Å². The van der Waals surface area contributed by atoms with Crippen molar-refractivity contribution >= 4 is 5.97 Å². The van der Waals surface area contributed by atoms with E-state index >= 15 is 0 Å². The zero-order valence-electron chi connectivity index (χ0n) is 8.03. The van der Waals surface area contributed by atoms with Crippen LogP contribution in [0, 0.1) is 0 Å². The second kappa shape index (κ2) is 3.62. The molecule has 0 amide bonds. The molecule has 1 unspecified atom stereocenters. The predicted molar refractivity (Wildman–Crippen MR) is 49.9 cm³/mol. The summed E-state index contributed by atoms with van der Waals surface area (Å²) in [5.74, 6) is -0.919. The van der Waals surface area contributed by atoms with E-state index in [4.69, 9.17) is 5.11 Å². The summed E-state index contributed by atoms with van der Waals surface area (Å²) in [4.78, 5) is 15.3. The van der Waals surface area contributed by atoms with Crippen LogP contribution in [0.15, 0.2) is 12.3 Å². The lowest BCUT2D eigenvalue weighted by atomic mass is 10.1. The Kier molecular flexibility index (Phi) is 2.72. The molecule has 0 saturated carbocycles. The summed E-state index contributed by atoms with van der Waals surface area (Å²) in [5, 5.41) is 8.67. The average molecular weight is 182 g/mol. The van der Waals surface area contributed by atoms with Gasteiger partial charge < -0.3 is 15.0 Å². The Morgan fingerprint density at radius 2 is 2.23 bits per heavy atom. The second-order valence-electron chi connectivity index (χ2n) is 3.29. The number of nitrogens with zero attached hydrogens (tertiary/aromatic N) is 1. The molecule has 1 heterocycles. The van der Waals surface area contributed by atoms with Crippen LogP contribution in [0.4, 0.5) is 0 Å². The molecule has 0 spiro atoms. The molecular weight excluding hydrogens is 168 g/mol. The van der Waals surface area contributed by atoms with Gasteiger partial charge in [-0.15, -0.1) is 0 Å². The standard InChI is InChI=1S/C9H14N2O2/c1-6(11(2)3)7-4-8(9(12)13)10-5-7/h4-6,10H,1-3H3,(H,12,13). The lowest BCUT2D eigenvalue weighted by Crippen LogP contribution is -2.16. The molecule has 4 nitrogen and oxygen atoms in total. The van der Waals surface area contributed by atoms with Gasteiger partial charge in [0.2, 0.25) is 0 Å². The minimum atomic E-state index is -0.919. The molecule has 13 heavy (non-hydrogen) atoms. The molecule has 0 aliphatic rings. The first-order valence-electron chi connectivity index (χ1n) is 4.10. The van der Waals surface area contributed by atoms with Gasteiger partial charge in [0.1, 0.15) is 5.69 Å². The molecule has 2 N–H and O–H groups in total. The normalized spacial score (nSPS) is 13.2. The third-order valence-corrected chi connectivity index (χ3v) is 2.19. The Bertz CT molecular complexity index is 304. The maximum Gasteiger partial charge on any atom is 0.352 e. The van der Waals surface area contributed by atoms with E-state index in [0.717, 1.165) is 5.56 Å². The van der Waals surface area contributed by atoms with E-state index in [0.29, 0.717) is 0 Å². The van der Waals surface area contributed by atoms with Gasteiger partial charge in [-0.25, -0.2) is 4.79 Å². The van der Waals surface area contributed by atoms with Crippen LogP contribution in [0.3, 0.4) is 0 Å². The highest BCUT2D eigenvalue weighted by Crippen LogP contribution is 2.17. The fraction of sp³-hybridized carbons (Fsp3) is 0.444. The highest BCUT2D eigenvalue weighted by atomic mass is 16.4. The highest BCUT2D eigenvalue weighted by Gasteiger charge is 2.12. The van der Waals surface area contributed by atoms with E-state index in [1.54, 1.807) is 12.3 Å². The molecule has 1 aromatic heterocycles. The fourth-order valence-corrected chi connectivity index (χ4v) is 1.07. The summed E-state index contributed by atoms with van der Waals surface area (Å²) >= 11 is 0. The monoisotopic (exact) mass is 182 g/mol. The topological polar surface area (TPSA) is 56.3 Å².